The average Bonchev–Trinajstić information content (AvgIpc) is 3.03. The van der Waals surface area contributed by atoms with Crippen molar-refractivity contribution in [3.05, 3.63) is 61.7 Å². The molecule has 16 heteroatoms. The molecule has 0 amide bonds. The first-order valence-corrected chi connectivity index (χ1v) is 8.24. The van der Waals surface area contributed by atoms with Gasteiger partial charge in [0.15, 0.2) is 11.8 Å². The Balaban J connectivity index is 2.75. The first-order chi connectivity index (χ1) is 14.8. The van der Waals surface area contributed by atoms with Crippen molar-refractivity contribution in [1.82, 2.24) is 9.55 Å². The summed E-state index contributed by atoms with van der Waals surface area (Å²) in [6, 6.07) is 2.43. The molecule has 0 aliphatic heterocycles. The minimum absolute atomic E-state index is 0.159. The number of nitrogens with zero attached hydrogens (tertiary/aromatic N) is 4. The molecule has 1 aromatic carbocycles. The molecule has 0 radical (unpaired) electrons. The van der Waals surface area contributed by atoms with Crippen molar-refractivity contribution in [3.63, 3.8) is 0 Å². The highest BCUT2D eigenvalue weighted by Gasteiger charge is 2.41. The minimum Gasteiger partial charge on any atom is -0.480 e. The molecule has 0 atom stereocenters. The van der Waals surface area contributed by atoms with Crippen LogP contribution in [0, 0.1) is 20.2 Å². The number of non-ortho nitro benzene ring substituents is 2. The van der Waals surface area contributed by atoms with Crippen LogP contribution in [0.4, 0.5) is 11.4 Å². The van der Waals surface area contributed by atoms with E-state index >= 15 is 0 Å². The maximum absolute atomic E-state index is 11.5. The molecule has 0 spiro atoms. The van der Waals surface area contributed by atoms with Gasteiger partial charge in [0.05, 0.1) is 33.6 Å². The smallest absolute Gasteiger partial charge is 0.324 e. The second-order valence-electron chi connectivity index (χ2n) is 6.23. The van der Waals surface area contributed by atoms with Crippen LogP contribution in [0.5, 0.6) is 0 Å². The molecule has 16 nitrogen and oxygen atoms in total. The Kier molecular flexibility index (Phi) is 6.47. The van der Waals surface area contributed by atoms with Gasteiger partial charge in [-0.05, 0) is 5.56 Å². The van der Waals surface area contributed by atoms with Crippen molar-refractivity contribution < 1.29 is 49.5 Å². The summed E-state index contributed by atoms with van der Waals surface area (Å²) in [6.45, 7) is -0.617. The van der Waals surface area contributed by atoms with E-state index in [1.807, 2.05) is 0 Å². The molecule has 0 unspecified atom stereocenters. The molecule has 0 bridgehead atoms. The fourth-order valence-electron chi connectivity index (χ4n) is 2.90. The summed E-state index contributed by atoms with van der Waals surface area (Å²) in [6.07, 6.45) is 0.743. The molecule has 0 saturated carbocycles. The van der Waals surface area contributed by atoms with Crippen molar-refractivity contribution in [2.45, 2.75) is 18.4 Å². The van der Waals surface area contributed by atoms with Crippen LogP contribution in [-0.2, 0) is 25.7 Å². The van der Waals surface area contributed by atoms with Gasteiger partial charge < -0.3 is 25.0 Å². The zero-order valence-corrected chi connectivity index (χ0v) is 15.5. The molecule has 2 aromatic rings. The van der Waals surface area contributed by atoms with Crippen molar-refractivity contribution in [2.75, 3.05) is 0 Å². The number of imidazole rings is 1. The fraction of sp³-hybridized carbons (Fsp3) is 0.188. The van der Waals surface area contributed by atoms with Crippen LogP contribution in [0.3, 0.4) is 0 Å². The average molecular weight is 452 g/mol. The lowest BCUT2D eigenvalue weighted by Crippen LogP contribution is -2.29. The fourth-order valence-corrected chi connectivity index (χ4v) is 2.90. The third-order valence-corrected chi connectivity index (χ3v) is 4.18. The number of hydrogen-bond acceptors (Lipinski definition) is 9. The van der Waals surface area contributed by atoms with Crippen LogP contribution in [0.1, 0.15) is 28.8 Å². The van der Waals surface area contributed by atoms with E-state index < -0.39 is 74.9 Å². The van der Waals surface area contributed by atoms with E-state index in [9.17, 15) is 59.8 Å². The van der Waals surface area contributed by atoms with Gasteiger partial charge in [-0.25, -0.2) is 4.98 Å². The number of carbonyl (C=O) groups is 4. The van der Waals surface area contributed by atoms with Crippen molar-refractivity contribution >= 4 is 35.3 Å². The van der Waals surface area contributed by atoms with E-state index in [4.69, 9.17) is 0 Å². The van der Waals surface area contributed by atoms with E-state index in [1.54, 1.807) is 0 Å². The molecule has 0 saturated heterocycles. The van der Waals surface area contributed by atoms with Crippen LogP contribution in [0.15, 0.2) is 24.5 Å². The van der Waals surface area contributed by atoms with Crippen LogP contribution >= 0.6 is 0 Å². The predicted molar refractivity (Wildman–Crippen MR) is 97.1 cm³/mol. The van der Waals surface area contributed by atoms with Gasteiger partial charge in [-0.15, -0.1) is 0 Å². The molecule has 0 aliphatic rings. The molecule has 168 valence electrons. The van der Waals surface area contributed by atoms with E-state index in [2.05, 4.69) is 4.98 Å². The number of benzene rings is 1. The number of nitro benzene ring substituents is 2. The van der Waals surface area contributed by atoms with E-state index in [0.29, 0.717) is 6.07 Å². The third-order valence-electron chi connectivity index (χ3n) is 4.18. The Bertz CT molecular complexity index is 1090. The van der Waals surface area contributed by atoms with Crippen LogP contribution in [0.25, 0.3) is 0 Å². The highest BCUT2D eigenvalue weighted by molar-refractivity contribution is 6.02. The monoisotopic (exact) mass is 452 g/mol. The number of aliphatic carboxylic acids is 4. The normalized spacial score (nSPS) is 10.8. The van der Waals surface area contributed by atoms with Gasteiger partial charge >= 0.3 is 23.9 Å². The predicted octanol–water partition coefficient (Wildman–Crippen LogP) is 0.253. The zero-order chi connectivity index (χ0) is 24.3. The van der Waals surface area contributed by atoms with Gasteiger partial charge in [-0.1, -0.05) is 0 Å². The SMILES string of the molecule is O=C(O)C(C(=O)O)c1ncn(Cc2cc([N+](=O)[O-])cc([N+](=O)[O-])c2)c1C(C(=O)O)C(=O)O. The van der Waals surface area contributed by atoms with Gasteiger partial charge in [0, 0.05) is 18.7 Å². The van der Waals surface area contributed by atoms with E-state index in [1.165, 1.54) is 0 Å². The summed E-state index contributed by atoms with van der Waals surface area (Å²) in [5.74, 6) is -12.7. The Hall–Kier alpha value is -4.89. The maximum atomic E-state index is 11.5. The van der Waals surface area contributed by atoms with Crippen LogP contribution in [0.2, 0.25) is 0 Å². The second kappa shape index (κ2) is 8.86. The lowest BCUT2D eigenvalue weighted by atomic mass is 9.96. The largest absolute Gasteiger partial charge is 0.480 e. The van der Waals surface area contributed by atoms with Gasteiger partial charge in [0.1, 0.15) is 0 Å². The molecular formula is C16H12N4O12. The summed E-state index contributed by atoms with van der Waals surface area (Å²) in [5.41, 5.74) is -3.27. The van der Waals surface area contributed by atoms with Gasteiger partial charge in [0.2, 0.25) is 0 Å². The Labute approximate surface area is 175 Å². The summed E-state index contributed by atoms with van der Waals surface area (Å²) in [4.78, 5) is 69.7. The Morgan fingerprint density at radius 1 is 0.844 bits per heavy atom. The molecule has 0 fully saturated rings. The summed E-state index contributed by atoms with van der Waals surface area (Å²) in [5, 5.41) is 59.2. The molecule has 0 aliphatic carbocycles. The topological polar surface area (TPSA) is 253 Å². The molecule has 2 rings (SSSR count). The van der Waals surface area contributed by atoms with Crippen molar-refractivity contribution in [1.29, 1.82) is 0 Å². The van der Waals surface area contributed by atoms with Crippen LogP contribution in [-0.4, -0.2) is 63.7 Å². The number of nitro groups is 2. The standard InChI is InChI=1S/C16H12N4O12/c21-13(22)9(14(23)24)11-12(10(15(25)26)16(27)28)18(5-17-11)4-6-1-7(19(29)30)3-8(2-6)20(31)32/h1-3,5,9-10H,4H2,(H,21,22)(H,23,24)(H,25,26)(H,27,28). The molecule has 4 N–H and O–H groups in total. The Morgan fingerprint density at radius 2 is 1.28 bits per heavy atom. The number of rotatable bonds is 10. The maximum Gasteiger partial charge on any atom is 0.324 e. The van der Waals surface area contributed by atoms with Crippen molar-refractivity contribution in [3.8, 4) is 0 Å². The second-order valence-corrected chi connectivity index (χ2v) is 6.23. The van der Waals surface area contributed by atoms with Crippen molar-refractivity contribution in [2.24, 2.45) is 0 Å². The third kappa shape index (κ3) is 4.64. The lowest BCUT2D eigenvalue weighted by molar-refractivity contribution is -0.394. The first-order valence-electron chi connectivity index (χ1n) is 8.24. The molecular weight excluding hydrogens is 440 g/mol. The summed E-state index contributed by atoms with van der Waals surface area (Å²) < 4.78 is 0.754. The summed E-state index contributed by atoms with van der Waals surface area (Å²) in [7, 11) is 0. The summed E-state index contributed by atoms with van der Waals surface area (Å²) >= 11 is 0. The van der Waals surface area contributed by atoms with Crippen LogP contribution < -0.4 is 0 Å². The Morgan fingerprint density at radius 3 is 1.66 bits per heavy atom. The minimum atomic E-state index is -2.46. The molecule has 32 heavy (non-hydrogen) atoms. The lowest BCUT2D eigenvalue weighted by Gasteiger charge is -2.16. The number of carboxylic acid groups (broad SMARTS) is 4. The highest BCUT2D eigenvalue weighted by atomic mass is 16.6. The molecule has 1 aromatic heterocycles. The van der Waals surface area contributed by atoms with Gasteiger partial charge in [-0.3, -0.25) is 39.4 Å². The quantitative estimate of drug-likeness (QED) is 0.214. The van der Waals surface area contributed by atoms with E-state index in [0.717, 1.165) is 23.0 Å². The molecule has 1 heterocycles. The van der Waals surface area contributed by atoms with Gasteiger partial charge in [-0.2, -0.15) is 0 Å². The highest BCUT2D eigenvalue weighted by Crippen LogP contribution is 2.30. The number of carboxylic acids is 4. The first kappa shape index (κ1) is 23.4. The van der Waals surface area contributed by atoms with Gasteiger partial charge in [0.25, 0.3) is 11.4 Å². The number of aromatic nitrogens is 2. The number of hydrogen-bond donors (Lipinski definition) is 4. The van der Waals surface area contributed by atoms with E-state index in [-0.39, 0.29) is 5.56 Å². The zero-order valence-electron chi connectivity index (χ0n) is 15.5.